The van der Waals surface area contributed by atoms with Gasteiger partial charge in [0.1, 0.15) is 11.5 Å². The minimum absolute atomic E-state index is 0.684. The predicted octanol–water partition coefficient (Wildman–Crippen LogP) is 11.3. The van der Waals surface area contributed by atoms with Crippen molar-refractivity contribution in [3.63, 3.8) is 0 Å². The van der Waals surface area contributed by atoms with Crippen LogP contribution in [0.15, 0.2) is 170 Å². The third kappa shape index (κ3) is 7.92. The van der Waals surface area contributed by atoms with E-state index in [4.69, 9.17) is 9.47 Å². The van der Waals surface area contributed by atoms with E-state index in [2.05, 4.69) is 155 Å². The zero-order valence-corrected chi connectivity index (χ0v) is 25.4. The third-order valence-corrected chi connectivity index (χ3v) is 7.57. The highest BCUT2D eigenvalue weighted by Crippen LogP contribution is 2.36. The van der Waals surface area contributed by atoms with Crippen LogP contribution in [0, 0.1) is 0 Å². The van der Waals surface area contributed by atoms with E-state index in [9.17, 15) is 0 Å². The Kier molecular flexibility index (Phi) is 10.1. The monoisotopic (exact) mass is 590 g/mol. The van der Waals surface area contributed by atoms with Crippen LogP contribution in [0.25, 0.3) is 0 Å². The van der Waals surface area contributed by atoms with Gasteiger partial charge in [-0.2, -0.15) is 0 Å². The van der Waals surface area contributed by atoms with Crippen molar-refractivity contribution >= 4 is 34.1 Å². The number of unbranched alkanes of at least 4 members (excludes halogenated alkanes) is 2. The van der Waals surface area contributed by atoms with E-state index >= 15 is 0 Å². The lowest BCUT2D eigenvalue weighted by molar-refractivity contribution is 0.279. The minimum Gasteiger partial charge on any atom is -0.494 e. The van der Waals surface area contributed by atoms with Crippen molar-refractivity contribution in [3.05, 3.63) is 170 Å². The van der Waals surface area contributed by atoms with Crippen molar-refractivity contribution in [1.82, 2.24) is 0 Å². The summed E-state index contributed by atoms with van der Waals surface area (Å²) in [7, 11) is 0. The minimum atomic E-state index is 0.684. The Labute approximate surface area is 266 Å². The summed E-state index contributed by atoms with van der Waals surface area (Å²) in [6.45, 7) is 1.37. The van der Waals surface area contributed by atoms with Gasteiger partial charge < -0.3 is 19.3 Å². The number of hydrogen-bond acceptors (Lipinski definition) is 4. The van der Waals surface area contributed by atoms with Crippen molar-refractivity contribution in [2.75, 3.05) is 23.0 Å². The van der Waals surface area contributed by atoms with Crippen LogP contribution >= 0.6 is 0 Å². The zero-order valence-electron chi connectivity index (χ0n) is 25.4. The van der Waals surface area contributed by atoms with Crippen LogP contribution in [0.4, 0.5) is 34.1 Å². The average Bonchev–Trinajstić information content (AvgIpc) is 3.11. The predicted molar refractivity (Wildman–Crippen MR) is 187 cm³/mol. The molecule has 6 rings (SSSR count). The second-order valence-corrected chi connectivity index (χ2v) is 10.8. The van der Waals surface area contributed by atoms with Gasteiger partial charge in [0, 0.05) is 34.1 Å². The van der Waals surface area contributed by atoms with Crippen LogP contribution < -0.4 is 19.3 Å². The molecule has 4 nitrogen and oxygen atoms in total. The molecule has 224 valence electrons. The lowest BCUT2D eigenvalue weighted by Crippen LogP contribution is -2.09. The van der Waals surface area contributed by atoms with Crippen LogP contribution in [0.3, 0.4) is 0 Å². The van der Waals surface area contributed by atoms with Gasteiger partial charge in [-0.25, -0.2) is 0 Å². The first-order chi connectivity index (χ1) is 22.3. The van der Waals surface area contributed by atoms with Crippen molar-refractivity contribution in [3.8, 4) is 11.5 Å². The first-order valence-corrected chi connectivity index (χ1v) is 15.6. The summed E-state index contributed by atoms with van der Waals surface area (Å²) in [6, 6.07) is 58.4. The highest BCUT2D eigenvalue weighted by Gasteiger charge is 2.13. The Bertz CT molecular complexity index is 1480. The molecule has 0 saturated carbocycles. The molecule has 0 aromatic heterocycles. The van der Waals surface area contributed by atoms with Crippen LogP contribution in [-0.2, 0) is 0 Å². The van der Waals surface area contributed by atoms with E-state index in [0.29, 0.717) is 13.2 Å². The lowest BCUT2D eigenvalue weighted by atomic mass is 10.2. The van der Waals surface area contributed by atoms with E-state index in [1.54, 1.807) is 0 Å². The molecule has 45 heavy (non-hydrogen) atoms. The summed E-state index contributed by atoms with van der Waals surface area (Å²) < 4.78 is 12.1. The van der Waals surface area contributed by atoms with Gasteiger partial charge in [-0.05, 0) is 116 Å². The molecular formula is C41H38N2O2. The van der Waals surface area contributed by atoms with Gasteiger partial charge in [0.15, 0.2) is 0 Å². The third-order valence-electron chi connectivity index (χ3n) is 7.57. The smallest absolute Gasteiger partial charge is 0.119 e. The van der Waals surface area contributed by atoms with Crippen molar-refractivity contribution < 1.29 is 9.47 Å². The molecule has 0 heterocycles. The summed E-state index contributed by atoms with van der Waals surface area (Å²) in [5.74, 6) is 1.77. The standard InChI is InChI=1S/C41H38N2O2/c1-6-16-34(17-7-1)42(35-18-8-2-9-19-35)38-24-28-40(29-25-38)44-32-14-5-15-33-45-41-30-26-39(27-31-41)43(36-20-10-3-11-21-36)37-22-12-4-13-23-37/h1-4,6-13,16-31H,5,14-15,32-33H2. The van der Waals surface area contributed by atoms with Crippen LogP contribution in [0.2, 0.25) is 0 Å². The van der Waals surface area contributed by atoms with Crippen LogP contribution in [0.1, 0.15) is 19.3 Å². The maximum absolute atomic E-state index is 6.06. The zero-order chi connectivity index (χ0) is 30.5. The number of nitrogens with zero attached hydrogens (tertiary/aromatic N) is 2. The van der Waals surface area contributed by atoms with Crippen molar-refractivity contribution in [2.24, 2.45) is 0 Å². The molecule has 0 saturated heterocycles. The number of para-hydroxylation sites is 4. The average molecular weight is 591 g/mol. The maximum Gasteiger partial charge on any atom is 0.119 e. The summed E-state index contributed by atoms with van der Waals surface area (Å²) >= 11 is 0. The van der Waals surface area contributed by atoms with E-state index < -0.39 is 0 Å². The van der Waals surface area contributed by atoms with E-state index in [1.165, 1.54) is 0 Å². The topological polar surface area (TPSA) is 24.9 Å². The molecule has 4 heteroatoms. The fourth-order valence-electron chi connectivity index (χ4n) is 5.35. The molecule has 0 radical (unpaired) electrons. The molecule has 0 spiro atoms. The fourth-order valence-corrected chi connectivity index (χ4v) is 5.35. The first kappa shape index (κ1) is 29.6. The molecule has 0 atom stereocenters. The molecule has 0 unspecified atom stereocenters. The van der Waals surface area contributed by atoms with Crippen molar-refractivity contribution in [2.45, 2.75) is 19.3 Å². The number of hydrogen-bond donors (Lipinski definition) is 0. The highest BCUT2D eigenvalue weighted by atomic mass is 16.5. The number of benzene rings is 6. The normalized spacial score (nSPS) is 10.7. The quantitative estimate of drug-likeness (QED) is 0.118. The largest absolute Gasteiger partial charge is 0.494 e. The Hall–Kier alpha value is -5.48. The summed E-state index contributed by atoms with van der Waals surface area (Å²) in [6.07, 6.45) is 3.00. The maximum atomic E-state index is 6.06. The molecule has 0 N–H and O–H groups in total. The van der Waals surface area contributed by atoms with Gasteiger partial charge in [-0.1, -0.05) is 72.8 Å². The summed E-state index contributed by atoms with van der Waals surface area (Å²) in [5.41, 5.74) is 6.68. The lowest BCUT2D eigenvalue weighted by Gasteiger charge is -2.25. The fraction of sp³-hybridized carbons (Fsp3) is 0.122. The molecule has 0 aliphatic rings. The van der Waals surface area contributed by atoms with Gasteiger partial charge in [-0.15, -0.1) is 0 Å². The molecule has 0 aliphatic heterocycles. The first-order valence-electron chi connectivity index (χ1n) is 15.6. The van der Waals surface area contributed by atoms with Crippen LogP contribution in [-0.4, -0.2) is 13.2 Å². The molecule has 0 bridgehead atoms. The second-order valence-electron chi connectivity index (χ2n) is 10.8. The van der Waals surface area contributed by atoms with Gasteiger partial charge in [0.2, 0.25) is 0 Å². The van der Waals surface area contributed by atoms with Gasteiger partial charge in [0.05, 0.1) is 13.2 Å². The Balaban J connectivity index is 0.956. The van der Waals surface area contributed by atoms with Crippen LogP contribution in [0.5, 0.6) is 11.5 Å². The molecule has 6 aromatic carbocycles. The van der Waals surface area contributed by atoms with Gasteiger partial charge >= 0.3 is 0 Å². The van der Waals surface area contributed by atoms with E-state index in [0.717, 1.165) is 64.9 Å². The van der Waals surface area contributed by atoms with Crippen molar-refractivity contribution in [1.29, 1.82) is 0 Å². The summed E-state index contributed by atoms with van der Waals surface area (Å²) in [4.78, 5) is 4.50. The molecule has 0 aliphatic carbocycles. The molecule has 6 aromatic rings. The number of rotatable bonds is 14. The van der Waals surface area contributed by atoms with E-state index in [-0.39, 0.29) is 0 Å². The number of ether oxygens (including phenoxy) is 2. The SMILES string of the molecule is c1ccc(N(c2ccccc2)c2ccc(OCCCCCOc3ccc(N(c4ccccc4)c4ccccc4)cc3)cc2)cc1. The second kappa shape index (κ2) is 15.3. The van der Waals surface area contributed by atoms with E-state index in [1.807, 2.05) is 24.3 Å². The van der Waals surface area contributed by atoms with Gasteiger partial charge in [-0.3, -0.25) is 0 Å². The summed E-state index contributed by atoms with van der Waals surface area (Å²) in [5, 5.41) is 0. The Morgan fingerprint density at radius 1 is 0.289 bits per heavy atom. The number of anilines is 6. The Morgan fingerprint density at radius 3 is 0.844 bits per heavy atom. The molecule has 0 amide bonds. The Morgan fingerprint density at radius 2 is 0.556 bits per heavy atom. The highest BCUT2D eigenvalue weighted by molar-refractivity contribution is 5.77. The van der Waals surface area contributed by atoms with Gasteiger partial charge in [0.25, 0.3) is 0 Å². The molecule has 0 fully saturated rings. The molecular weight excluding hydrogens is 552 g/mol.